The van der Waals surface area contributed by atoms with Crippen LogP contribution in [-0.4, -0.2) is 13.1 Å². The summed E-state index contributed by atoms with van der Waals surface area (Å²) in [7, 11) is 0. The third kappa shape index (κ3) is 2.89. The summed E-state index contributed by atoms with van der Waals surface area (Å²) in [6, 6.07) is 5.70. The highest BCUT2D eigenvalue weighted by atomic mass is 35.5. The Morgan fingerprint density at radius 2 is 2.19 bits per heavy atom. The lowest BCUT2D eigenvalue weighted by Gasteiger charge is -2.16. The first-order valence-electron chi connectivity index (χ1n) is 5.58. The van der Waals surface area contributed by atoms with Crippen LogP contribution in [-0.2, 0) is 0 Å². The van der Waals surface area contributed by atoms with Crippen LogP contribution in [0.15, 0.2) is 18.2 Å². The van der Waals surface area contributed by atoms with E-state index in [1.807, 2.05) is 18.2 Å². The Hall–Kier alpha value is -0.280. The monoisotopic (exact) mass is 258 g/mol. The molecule has 16 heavy (non-hydrogen) atoms. The van der Waals surface area contributed by atoms with Crippen LogP contribution in [0.3, 0.4) is 0 Å². The largest absolute Gasteiger partial charge is 0.324 e. The van der Waals surface area contributed by atoms with Crippen LogP contribution in [0.2, 0.25) is 10.0 Å². The van der Waals surface area contributed by atoms with Gasteiger partial charge in [-0.3, -0.25) is 0 Å². The van der Waals surface area contributed by atoms with Gasteiger partial charge in [0.05, 0.1) is 10.0 Å². The van der Waals surface area contributed by atoms with Gasteiger partial charge >= 0.3 is 0 Å². The number of hydrogen-bond acceptors (Lipinski definition) is 2. The second-order valence-electron chi connectivity index (χ2n) is 4.37. The average molecular weight is 259 g/mol. The van der Waals surface area contributed by atoms with Crippen LogP contribution >= 0.6 is 23.2 Å². The van der Waals surface area contributed by atoms with Gasteiger partial charge in [0.15, 0.2) is 0 Å². The van der Waals surface area contributed by atoms with E-state index in [0.29, 0.717) is 16.0 Å². The van der Waals surface area contributed by atoms with Crippen molar-refractivity contribution in [1.82, 2.24) is 5.32 Å². The first-order valence-corrected chi connectivity index (χ1v) is 6.33. The molecule has 2 unspecified atom stereocenters. The Morgan fingerprint density at radius 1 is 1.38 bits per heavy atom. The standard InChI is InChI=1S/C12H16Cl2N2/c13-10-2-1-9(6-11(10)14)12(15)5-8-3-4-16-7-8/h1-2,6,8,12,16H,3-5,7,15H2. The molecule has 1 aromatic rings. The zero-order valence-electron chi connectivity index (χ0n) is 9.05. The summed E-state index contributed by atoms with van der Waals surface area (Å²) in [5, 5.41) is 4.51. The van der Waals surface area contributed by atoms with Crippen molar-refractivity contribution in [2.75, 3.05) is 13.1 Å². The Bertz CT molecular complexity index is 362. The predicted octanol–water partition coefficient (Wildman–Crippen LogP) is 2.99. The molecule has 0 aromatic heterocycles. The highest BCUT2D eigenvalue weighted by molar-refractivity contribution is 6.42. The predicted molar refractivity (Wildman–Crippen MR) is 69.0 cm³/mol. The van der Waals surface area contributed by atoms with E-state index in [9.17, 15) is 0 Å². The highest BCUT2D eigenvalue weighted by Gasteiger charge is 2.18. The molecule has 2 atom stereocenters. The molecule has 0 bridgehead atoms. The second-order valence-corrected chi connectivity index (χ2v) is 5.19. The van der Waals surface area contributed by atoms with Crippen LogP contribution in [0.25, 0.3) is 0 Å². The number of halogens is 2. The lowest BCUT2D eigenvalue weighted by molar-refractivity contribution is 0.473. The van der Waals surface area contributed by atoms with E-state index in [1.165, 1.54) is 6.42 Å². The summed E-state index contributed by atoms with van der Waals surface area (Å²) in [4.78, 5) is 0. The molecule has 0 saturated carbocycles. The maximum Gasteiger partial charge on any atom is 0.0595 e. The van der Waals surface area contributed by atoms with Gasteiger partial charge in [0, 0.05) is 6.04 Å². The smallest absolute Gasteiger partial charge is 0.0595 e. The fourth-order valence-electron chi connectivity index (χ4n) is 2.15. The average Bonchev–Trinajstić information content (AvgIpc) is 2.74. The summed E-state index contributed by atoms with van der Waals surface area (Å²) in [6.07, 6.45) is 2.22. The third-order valence-corrected chi connectivity index (χ3v) is 3.86. The number of benzene rings is 1. The quantitative estimate of drug-likeness (QED) is 0.875. The number of nitrogens with one attached hydrogen (secondary N) is 1. The van der Waals surface area contributed by atoms with Crippen LogP contribution in [0, 0.1) is 5.92 Å². The zero-order chi connectivity index (χ0) is 11.5. The molecule has 2 nitrogen and oxygen atoms in total. The van der Waals surface area contributed by atoms with Gasteiger partial charge in [-0.25, -0.2) is 0 Å². The van der Waals surface area contributed by atoms with E-state index in [2.05, 4.69) is 5.32 Å². The van der Waals surface area contributed by atoms with Crippen molar-refractivity contribution in [3.63, 3.8) is 0 Å². The van der Waals surface area contributed by atoms with Gasteiger partial charge in [-0.05, 0) is 49.5 Å². The molecule has 88 valence electrons. The Labute approximate surface area is 106 Å². The molecule has 1 aliphatic heterocycles. The molecular weight excluding hydrogens is 243 g/mol. The van der Waals surface area contributed by atoms with E-state index in [0.717, 1.165) is 25.1 Å². The van der Waals surface area contributed by atoms with Gasteiger partial charge in [0.2, 0.25) is 0 Å². The fourth-order valence-corrected chi connectivity index (χ4v) is 2.46. The van der Waals surface area contributed by atoms with E-state index < -0.39 is 0 Å². The minimum absolute atomic E-state index is 0.0552. The van der Waals surface area contributed by atoms with Crippen molar-refractivity contribution in [3.8, 4) is 0 Å². The van der Waals surface area contributed by atoms with E-state index >= 15 is 0 Å². The Kier molecular flexibility index (Phi) is 4.09. The molecule has 1 heterocycles. The van der Waals surface area contributed by atoms with Crippen molar-refractivity contribution in [1.29, 1.82) is 0 Å². The summed E-state index contributed by atoms with van der Waals surface area (Å²) in [5.74, 6) is 0.685. The third-order valence-electron chi connectivity index (χ3n) is 3.12. The first kappa shape index (κ1) is 12.2. The highest BCUT2D eigenvalue weighted by Crippen LogP contribution is 2.28. The molecule has 1 saturated heterocycles. The fraction of sp³-hybridized carbons (Fsp3) is 0.500. The van der Waals surface area contributed by atoms with Gasteiger partial charge in [-0.1, -0.05) is 29.3 Å². The van der Waals surface area contributed by atoms with Crippen molar-refractivity contribution < 1.29 is 0 Å². The van der Waals surface area contributed by atoms with Gasteiger partial charge in [0.1, 0.15) is 0 Å². The minimum atomic E-state index is 0.0552. The van der Waals surface area contributed by atoms with Crippen molar-refractivity contribution >= 4 is 23.2 Å². The van der Waals surface area contributed by atoms with Crippen LogP contribution in [0.5, 0.6) is 0 Å². The molecule has 2 rings (SSSR count). The number of rotatable bonds is 3. The summed E-state index contributed by atoms with van der Waals surface area (Å²) in [6.45, 7) is 2.19. The maximum atomic E-state index is 6.16. The van der Waals surface area contributed by atoms with E-state index in [-0.39, 0.29) is 6.04 Å². The Morgan fingerprint density at radius 3 is 2.81 bits per heavy atom. The molecule has 0 aliphatic carbocycles. The summed E-state index contributed by atoms with van der Waals surface area (Å²) >= 11 is 11.8. The van der Waals surface area contributed by atoms with Gasteiger partial charge in [0.25, 0.3) is 0 Å². The van der Waals surface area contributed by atoms with Crippen molar-refractivity contribution in [2.24, 2.45) is 11.7 Å². The molecular formula is C12H16Cl2N2. The molecule has 0 spiro atoms. The lowest BCUT2D eigenvalue weighted by Crippen LogP contribution is -2.17. The van der Waals surface area contributed by atoms with Crippen LogP contribution < -0.4 is 11.1 Å². The lowest BCUT2D eigenvalue weighted by atomic mass is 9.95. The number of hydrogen-bond donors (Lipinski definition) is 2. The molecule has 1 aromatic carbocycles. The van der Waals surface area contributed by atoms with Crippen molar-refractivity contribution in [3.05, 3.63) is 33.8 Å². The molecule has 1 fully saturated rings. The van der Waals surface area contributed by atoms with E-state index in [4.69, 9.17) is 28.9 Å². The Balaban J connectivity index is 2.02. The second kappa shape index (κ2) is 5.37. The number of nitrogens with two attached hydrogens (primary N) is 1. The maximum absolute atomic E-state index is 6.16. The minimum Gasteiger partial charge on any atom is -0.324 e. The zero-order valence-corrected chi connectivity index (χ0v) is 10.6. The van der Waals surface area contributed by atoms with E-state index in [1.54, 1.807) is 0 Å². The van der Waals surface area contributed by atoms with Gasteiger partial charge in [-0.15, -0.1) is 0 Å². The van der Waals surface area contributed by atoms with Crippen LogP contribution in [0.4, 0.5) is 0 Å². The van der Waals surface area contributed by atoms with Gasteiger partial charge in [-0.2, -0.15) is 0 Å². The summed E-state index contributed by atoms with van der Waals surface area (Å²) in [5.41, 5.74) is 7.23. The molecule has 3 N–H and O–H groups in total. The van der Waals surface area contributed by atoms with Crippen LogP contribution in [0.1, 0.15) is 24.4 Å². The topological polar surface area (TPSA) is 38.0 Å². The molecule has 0 radical (unpaired) electrons. The van der Waals surface area contributed by atoms with Crippen molar-refractivity contribution in [2.45, 2.75) is 18.9 Å². The molecule has 4 heteroatoms. The first-order chi connectivity index (χ1) is 7.66. The normalized spacial score (nSPS) is 22.3. The summed E-state index contributed by atoms with van der Waals surface area (Å²) < 4.78 is 0. The molecule has 1 aliphatic rings. The molecule has 0 amide bonds. The SMILES string of the molecule is NC(CC1CCNC1)c1ccc(Cl)c(Cl)c1. The van der Waals surface area contributed by atoms with Gasteiger partial charge < -0.3 is 11.1 Å².